The zero-order valence-electron chi connectivity index (χ0n) is 14.6. The molecule has 0 spiro atoms. The van der Waals surface area contributed by atoms with Gasteiger partial charge in [-0.3, -0.25) is 9.59 Å². The lowest BCUT2D eigenvalue weighted by molar-refractivity contribution is -0.136. The highest BCUT2D eigenvalue weighted by molar-refractivity contribution is 6.39. The molecule has 1 atom stereocenters. The molecule has 0 aliphatic rings. The van der Waals surface area contributed by atoms with E-state index in [-0.39, 0.29) is 6.54 Å². The minimum atomic E-state index is -0.780. The number of anilines is 1. The van der Waals surface area contributed by atoms with Crippen molar-refractivity contribution in [3.63, 3.8) is 0 Å². The van der Waals surface area contributed by atoms with Crippen LogP contribution in [0.2, 0.25) is 0 Å². The maximum atomic E-state index is 12.0. The van der Waals surface area contributed by atoms with Crippen LogP contribution in [-0.2, 0) is 16.6 Å². The summed E-state index contributed by atoms with van der Waals surface area (Å²) in [6.45, 7) is 2.06. The second kappa shape index (κ2) is 8.34. The van der Waals surface area contributed by atoms with Gasteiger partial charge in [0.2, 0.25) is 0 Å². The Kier molecular flexibility index (Phi) is 6.19. The first-order valence-electron chi connectivity index (χ1n) is 7.95. The molecule has 1 aromatic heterocycles. The van der Waals surface area contributed by atoms with Gasteiger partial charge in [0.1, 0.15) is 5.75 Å². The van der Waals surface area contributed by atoms with E-state index in [2.05, 4.69) is 10.6 Å². The Morgan fingerprint density at radius 2 is 2.04 bits per heavy atom. The number of hydrogen-bond donors (Lipinski definition) is 3. The largest absolute Gasteiger partial charge is 0.495 e. The number of carbonyl (C=O) groups excluding carboxylic acids is 2. The summed E-state index contributed by atoms with van der Waals surface area (Å²) < 4.78 is 6.97. The third kappa shape index (κ3) is 4.84. The third-order valence-electron chi connectivity index (χ3n) is 3.84. The van der Waals surface area contributed by atoms with Crippen LogP contribution in [0.25, 0.3) is 0 Å². The summed E-state index contributed by atoms with van der Waals surface area (Å²) in [6.07, 6.45) is 1.44. The van der Waals surface area contributed by atoms with E-state index >= 15 is 0 Å². The molecule has 0 aliphatic carbocycles. The van der Waals surface area contributed by atoms with Crippen molar-refractivity contribution in [1.29, 1.82) is 0 Å². The molecular weight excluding hydrogens is 322 g/mol. The molecule has 1 heterocycles. The fraction of sp³-hybridized carbons (Fsp3) is 0.333. The molecule has 3 N–H and O–H groups in total. The average molecular weight is 345 g/mol. The van der Waals surface area contributed by atoms with Crippen LogP contribution in [0, 0.1) is 6.92 Å². The predicted molar refractivity (Wildman–Crippen MR) is 94.4 cm³/mol. The van der Waals surface area contributed by atoms with E-state index in [1.807, 2.05) is 42.9 Å². The van der Waals surface area contributed by atoms with Gasteiger partial charge < -0.3 is 25.0 Å². The first kappa shape index (κ1) is 18.5. The number of rotatable bonds is 6. The van der Waals surface area contributed by atoms with Crippen LogP contribution in [0.5, 0.6) is 5.75 Å². The third-order valence-corrected chi connectivity index (χ3v) is 3.84. The van der Waals surface area contributed by atoms with Gasteiger partial charge in [-0.1, -0.05) is 6.07 Å². The summed E-state index contributed by atoms with van der Waals surface area (Å²) in [5, 5.41) is 15.1. The average Bonchev–Trinajstić information content (AvgIpc) is 3.01. The van der Waals surface area contributed by atoms with Gasteiger partial charge in [-0.05, 0) is 43.2 Å². The van der Waals surface area contributed by atoms with Crippen molar-refractivity contribution in [2.45, 2.75) is 19.4 Å². The molecule has 1 aromatic carbocycles. The van der Waals surface area contributed by atoms with E-state index in [4.69, 9.17) is 4.74 Å². The lowest BCUT2D eigenvalue weighted by Gasteiger charge is -2.13. The van der Waals surface area contributed by atoms with E-state index in [0.29, 0.717) is 17.9 Å². The van der Waals surface area contributed by atoms with Crippen molar-refractivity contribution in [2.24, 2.45) is 7.05 Å². The zero-order valence-corrected chi connectivity index (χ0v) is 14.6. The van der Waals surface area contributed by atoms with Crippen molar-refractivity contribution in [1.82, 2.24) is 9.88 Å². The highest BCUT2D eigenvalue weighted by Crippen LogP contribution is 2.25. The number of aliphatic hydroxyl groups is 1. The molecule has 25 heavy (non-hydrogen) atoms. The van der Waals surface area contributed by atoms with E-state index in [1.54, 1.807) is 12.1 Å². The Morgan fingerprint density at radius 3 is 2.68 bits per heavy atom. The fourth-order valence-corrected chi connectivity index (χ4v) is 2.47. The summed E-state index contributed by atoms with van der Waals surface area (Å²) in [4.78, 5) is 23.9. The standard InChI is InChI=1S/C18H23N3O4/c1-12-6-7-16(25-3)13(11-12)20-18(24)17(23)19-9-8-15(22)14-5-4-10-21(14)2/h4-7,10-11,15,22H,8-9H2,1-3H3,(H,19,23)(H,20,24). The van der Waals surface area contributed by atoms with Gasteiger partial charge in [0.15, 0.2) is 0 Å². The Balaban J connectivity index is 1.86. The van der Waals surface area contributed by atoms with Crippen LogP contribution in [0.4, 0.5) is 5.69 Å². The topological polar surface area (TPSA) is 92.6 Å². The Labute approximate surface area is 146 Å². The lowest BCUT2D eigenvalue weighted by Crippen LogP contribution is -2.36. The monoisotopic (exact) mass is 345 g/mol. The summed E-state index contributed by atoms with van der Waals surface area (Å²) in [6, 6.07) is 8.94. The van der Waals surface area contributed by atoms with Crippen LogP contribution in [0.3, 0.4) is 0 Å². The molecule has 0 bridgehead atoms. The number of aromatic nitrogens is 1. The molecule has 0 radical (unpaired) electrons. The van der Waals surface area contributed by atoms with Crippen LogP contribution in [0.15, 0.2) is 36.5 Å². The molecule has 2 aromatic rings. The maximum absolute atomic E-state index is 12.0. The van der Waals surface area contributed by atoms with Gasteiger partial charge in [0.05, 0.1) is 18.9 Å². The Morgan fingerprint density at radius 1 is 1.28 bits per heavy atom. The molecule has 0 saturated carbocycles. The van der Waals surface area contributed by atoms with Crippen LogP contribution < -0.4 is 15.4 Å². The van der Waals surface area contributed by atoms with Crippen molar-refractivity contribution < 1.29 is 19.4 Å². The van der Waals surface area contributed by atoms with Crippen molar-refractivity contribution in [3.05, 3.63) is 47.8 Å². The molecule has 2 rings (SSSR count). The number of amides is 2. The number of hydrogen-bond acceptors (Lipinski definition) is 4. The van der Waals surface area contributed by atoms with Crippen LogP contribution in [-0.4, -0.2) is 35.1 Å². The van der Waals surface area contributed by atoms with E-state index in [0.717, 1.165) is 11.3 Å². The van der Waals surface area contributed by atoms with Gasteiger partial charge in [-0.25, -0.2) is 0 Å². The predicted octanol–water partition coefficient (Wildman–Crippen LogP) is 1.52. The summed E-state index contributed by atoms with van der Waals surface area (Å²) in [7, 11) is 3.32. The first-order chi connectivity index (χ1) is 11.9. The molecule has 0 aliphatic heterocycles. The normalized spacial score (nSPS) is 11.7. The molecule has 0 fully saturated rings. The molecule has 1 unspecified atom stereocenters. The minimum absolute atomic E-state index is 0.184. The summed E-state index contributed by atoms with van der Waals surface area (Å²) in [5.41, 5.74) is 2.12. The van der Waals surface area contributed by atoms with Gasteiger partial charge in [-0.15, -0.1) is 0 Å². The van der Waals surface area contributed by atoms with Crippen LogP contribution in [0.1, 0.15) is 23.8 Å². The molecular formula is C18H23N3O4. The minimum Gasteiger partial charge on any atom is -0.495 e. The number of aliphatic hydroxyl groups excluding tert-OH is 1. The van der Waals surface area contributed by atoms with Gasteiger partial charge in [-0.2, -0.15) is 0 Å². The van der Waals surface area contributed by atoms with Crippen molar-refractivity contribution >= 4 is 17.5 Å². The number of methoxy groups -OCH3 is 1. The van der Waals surface area contributed by atoms with Crippen molar-refractivity contribution in [2.75, 3.05) is 19.0 Å². The number of aryl methyl sites for hydroxylation is 2. The number of ether oxygens (including phenoxy) is 1. The molecule has 134 valence electrons. The highest BCUT2D eigenvalue weighted by Gasteiger charge is 2.17. The molecule has 2 amide bonds. The van der Waals surface area contributed by atoms with Gasteiger partial charge >= 0.3 is 11.8 Å². The summed E-state index contributed by atoms with van der Waals surface area (Å²) in [5.74, 6) is -1.06. The number of carbonyl (C=O) groups is 2. The van der Waals surface area contributed by atoms with Gasteiger partial charge in [0.25, 0.3) is 0 Å². The van der Waals surface area contributed by atoms with Crippen LogP contribution >= 0.6 is 0 Å². The zero-order chi connectivity index (χ0) is 18.4. The van der Waals surface area contributed by atoms with E-state index in [9.17, 15) is 14.7 Å². The Hall–Kier alpha value is -2.80. The lowest BCUT2D eigenvalue weighted by atomic mass is 10.2. The maximum Gasteiger partial charge on any atom is 0.313 e. The van der Waals surface area contributed by atoms with E-state index in [1.165, 1.54) is 7.11 Å². The van der Waals surface area contributed by atoms with Crippen molar-refractivity contribution in [3.8, 4) is 5.75 Å². The summed E-state index contributed by atoms with van der Waals surface area (Å²) >= 11 is 0. The second-order valence-electron chi connectivity index (χ2n) is 5.76. The SMILES string of the molecule is COc1ccc(C)cc1NC(=O)C(=O)NCCC(O)c1cccn1C. The second-order valence-corrected chi connectivity index (χ2v) is 5.76. The molecule has 7 heteroatoms. The number of nitrogens with one attached hydrogen (secondary N) is 2. The Bertz CT molecular complexity index is 755. The quantitative estimate of drug-likeness (QED) is 0.692. The van der Waals surface area contributed by atoms with E-state index < -0.39 is 17.9 Å². The first-order valence-corrected chi connectivity index (χ1v) is 7.95. The number of benzene rings is 1. The number of nitrogens with zero attached hydrogens (tertiary/aromatic N) is 1. The molecule has 7 nitrogen and oxygen atoms in total. The fourth-order valence-electron chi connectivity index (χ4n) is 2.47. The van der Waals surface area contributed by atoms with Gasteiger partial charge in [0, 0.05) is 25.5 Å². The molecule has 0 saturated heterocycles. The smallest absolute Gasteiger partial charge is 0.313 e. The highest BCUT2D eigenvalue weighted by atomic mass is 16.5.